The van der Waals surface area contributed by atoms with Crippen molar-refractivity contribution in [2.24, 2.45) is 0 Å². The predicted molar refractivity (Wildman–Crippen MR) is 79.4 cm³/mol. The third-order valence-electron chi connectivity index (χ3n) is 2.97. The van der Waals surface area contributed by atoms with E-state index >= 15 is 0 Å². The molecular formula is C16H17FN2O. The molecule has 0 aliphatic carbocycles. The van der Waals surface area contributed by atoms with Gasteiger partial charge in [0.1, 0.15) is 5.82 Å². The van der Waals surface area contributed by atoms with Crippen molar-refractivity contribution < 1.29 is 9.18 Å². The Morgan fingerprint density at radius 3 is 2.35 bits per heavy atom. The van der Waals surface area contributed by atoms with E-state index in [-0.39, 0.29) is 18.3 Å². The van der Waals surface area contributed by atoms with Gasteiger partial charge in [-0.1, -0.05) is 18.2 Å². The lowest BCUT2D eigenvalue weighted by atomic mass is 10.2. The summed E-state index contributed by atoms with van der Waals surface area (Å²) in [5, 5.41) is 3.08. The summed E-state index contributed by atoms with van der Waals surface area (Å²) in [7, 11) is 0. The Morgan fingerprint density at radius 1 is 1.10 bits per heavy atom. The molecule has 4 heteroatoms. The highest BCUT2D eigenvalue weighted by molar-refractivity contribution is 5.96. The first kappa shape index (κ1) is 14.1. The highest BCUT2D eigenvalue weighted by Crippen LogP contribution is 2.15. The van der Waals surface area contributed by atoms with Crippen molar-refractivity contribution in [3.63, 3.8) is 0 Å². The van der Waals surface area contributed by atoms with Crippen LogP contribution in [0.25, 0.3) is 0 Å². The lowest BCUT2D eigenvalue weighted by Gasteiger charge is -2.21. The van der Waals surface area contributed by atoms with Crippen LogP contribution in [-0.2, 0) is 4.79 Å². The molecule has 0 unspecified atom stereocenters. The number of anilines is 2. The molecule has 3 nitrogen and oxygen atoms in total. The summed E-state index contributed by atoms with van der Waals surface area (Å²) in [4.78, 5) is 13.8. The first-order chi connectivity index (χ1) is 9.70. The topological polar surface area (TPSA) is 32.3 Å². The second-order valence-corrected chi connectivity index (χ2v) is 4.33. The molecule has 0 heterocycles. The Balaban J connectivity index is 2.00. The summed E-state index contributed by atoms with van der Waals surface area (Å²) >= 11 is 0. The maximum atomic E-state index is 12.9. The second kappa shape index (κ2) is 6.70. The number of benzene rings is 2. The van der Waals surface area contributed by atoms with Gasteiger partial charge in [0.2, 0.25) is 5.91 Å². The number of hydrogen-bond acceptors (Lipinski definition) is 2. The predicted octanol–water partition coefficient (Wildman–Crippen LogP) is 3.29. The molecule has 2 aromatic carbocycles. The van der Waals surface area contributed by atoms with Crippen LogP contribution in [0.1, 0.15) is 6.92 Å². The standard InChI is InChI=1S/C16H17FN2O/c1-2-19(15-10-8-13(17)9-11-15)16(20)12-18-14-6-4-3-5-7-14/h3-11,18H,2,12H2,1H3. The van der Waals surface area contributed by atoms with Gasteiger partial charge in [-0.3, -0.25) is 4.79 Å². The van der Waals surface area contributed by atoms with Crippen LogP contribution >= 0.6 is 0 Å². The monoisotopic (exact) mass is 272 g/mol. The maximum absolute atomic E-state index is 12.9. The fourth-order valence-electron chi connectivity index (χ4n) is 1.95. The molecule has 0 saturated heterocycles. The average molecular weight is 272 g/mol. The van der Waals surface area contributed by atoms with E-state index in [1.807, 2.05) is 37.3 Å². The minimum atomic E-state index is -0.306. The summed E-state index contributed by atoms with van der Waals surface area (Å²) in [6.45, 7) is 2.64. The summed E-state index contributed by atoms with van der Waals surface area (Å²) in [6, 6.07) is 15.5. The third kappa shape index (κ3) is 3.57. The number of likely N-dealkylation sites (N-methyl/N-ethyl adjacent to an activating group) is 1. The van der Waals surface area contributed by atoms with Gasteiger partial charge in [-0.25, -0.2) is 4.39 Å². The molecule has 20 heavy (non-hydrogen) atoms. The fourth-order valence-corrected chi connectivity index (χ4v) is 1.95. The number of hydrogen-bond donors (Lipinski definition) is 1. The smallest absolute Gasteiger partial charge is 0.246 e. The molecule has 1 N–H and O–H groups in total. The Labute approximate surface area is 118 Å². The molecule has 0 aliphatic rings. The Bertz CT molecular complexity index is 554. The van der Waals surface area contributed by atoms with Gasteiger partial charge in [0.05, 0.1) is 6.54 Å². The highest BCUT2D eigenvalue weighted by Gasteiger charge is 2.13. The summed E-state index contributed by atoms with van der Waals surface area (Å²) in [5.74, 6) is -0.359. The molecule has 0 radical (unpaired) electrons. The van der Waals surface area contributed by atoms with Crippen LogP contribution in [0.15, 0.2) is 54.6 Å². The quantitative estimate of drug-likeness (QED) is 0.905. The number of nitrogens with one attached hydrogen (secondary N) is 1. The zero-order valence-corrected chi connectivity index (χ0v) is 11.3. The van der Waals surface area contributed by atoms with Crippen LogP contribution in [0.2, 0.25) is 0 Å². The van der Waals surface area contributed by atoms with Crippen LogP contribution in [0, 0.1) is 5.82 Å². The van der Waals surface area contributed by atoms with Gasteiger partial charge in [-0.05, 0) is 43.3 Å². The normalized spacial score (nSPS) is 10.1. The first-order valence-corrected chi connectivity index (χ1v) is 6.55. The lowest BCUT2D eigenvalue weighted by molar-refractivity contribution is -0.116. The van der Waals surface area contributed by atoms with Crippen LogP contribution in [0.5, 0.6) is 0 Å². The second-order valence-electron chi connectivity index (χ2n) is 4.33. The van der Waals surface area contributed by atoms with Gasteiger partial charge in [0, 0.05) is 17.9 Å². The number of carbonyl (C=O) groups excluding carboxylic acids is 1. The molecule has 2 aromatic rings. The zero-order chi connectivity index (χ0) is 14.4. The molecule has 1 amide bonds. The third-order valence-corrected chi connectivity index (χ3v) is 2.97. The minimum absolute atomic E-state index is 0.0528. The van der Waals surface area contributed by atoms with E-state index in [4.69, 9.17) is 0 Å². The van der Waals surface area contributed by atoms with Crippen molar-refractivity contribution >= 4 is 17.3 Å². The average Bonchev–Trinajstić information content (AvgIpc) is 2.49. The van der Waals surface area contributed by atoms with Crippen molar-refractivity contribution in [2.45, 2.75) is 6.92 Å². The molecule has 0 spiro atoms. The largest absolute Gasteiger partial charge is 0.376 e. The van der Waals surface area contributed by atoms with Crippen molar-refractivity contribution in [2.75, 3.05) is 23.3 Å². The van der Waals surface area contributed by atoms with E-state index in [2.05, 4.69) is 5.32 Å². The van der Waals surface area contributed by atoms with Crippen LogP contribution in [0.3, 0.4) is 0 Å². The van der Waals surface area contributed by atoms with Crippen molar-refractivity contribution in [1.29, 1.82) is 0 Å². The van der Waals surface area contributed by atoms with Gasteiger partial charge in [0.25, 0.3) is 0 Å². The molecule has 104 valence electrons. The van der Waals surface area contributed by atoms with Gasteiger partial charge >= 0.3 is 0 Å². The van der Waals surface area contributed by atoms with Gasteiger partial charge < -0.3 is 10.2 Å². The van der Waals surface area contributed by atoms with Crippen LogP contribution in [-0.4, -0.2) is 19.0 Å². The molecule has 0 atom stereocenters. The number of nitrogens with zero attached hydrogens (tertiary/aromatic N) is 1. The molecule has 0 fully saturated rings. The van der Waals surface area contributed by atoms with E-state index in [1.165, 1.54) is 12.1 Å². The molecule has 0 aliphatic heterocycles. The molecular weight excluding hydrogens is 255 g/mol. The fraction of sp³-hybridized carbons (Fsp3) is 0.188. The van der Waals surface area contributed by atoms with Crippen molar-refractivity contribution in [3.05, 3.63) is 60.4 Å². The van der Waals surface area contributed by atoms with E-state index in [9.17, 15) is 9.18 Å². The molecule has 0 aromatic heterocycles. The van der Waals surface area contributed by atoms with Crippen molar-refractivity contribution in [3.8, 4) is 0 Å². The summed E-state index contributed by atoms with van der Waals surface area (Å²) in [5.41, 5.74) is 1.60. The Kier molecular flexibility index (Phi) is 4.71. The molecule has 2 rings (SSSR count). The van der Waals surface area contributed by atoms with Crippen LogP contribution < -0.4 is 10.2 Å². The van der Waals surface area contributed by atoms with Gasteiger partial charge in [-0.2, -0.15) is 0 Å². The van der Waals surface area contributed by atoms with E-state index in [0.29, 0.717) is 12.2 Å². The highest BCUT2D eigenvalue weighted by atomic mass is 19.1. The van der Waals surface area contributed by atoms with Gasteiger partial charge in [-0.15, -0.1) is 0 Å². The summed E-state index contributed by atoms with van der Waals surface area (Å²) in [6.07, 6.45) is 0. The summed E-state index contributed by atoms with van der Waals surface area (Å²) < 4.78 is 12.9. The number of halogens is 1. The number of amides is 1. The van der Waals surface area contributed by atoms with Gasteiger partial charge in [0.15, 0.2) is 0 Å². The van der Waals surface area contributed by atoms with E-state index < -0.39 is 0 Å². The minimum Gasteiger partial charge on any atom is -0.376 e. The Hall–Kier alpha value is -2.36. The maximum Gasteiger partial charge on any atom is 0.246 e. The van der Waals surface area contributed by atoms with Crippen LogP contribution in [0.4, 0.5) is 15.8 Å². The first-order valence-electron chi connectivity index (χ1n) is 6.55. The van der Waals surface area contributed by atoms with E-state index in [1.54, 1.807) is 17.0 Å². The molecule has 0 bridgehead atoms. The van der Waals surface area contributed by atoms with Crippen molar-refractivity contribution in [1.82, 2.24) is 0 Å². The zero-order valence-electron chi connectivity index (χ0n) is 11.3. The van der Waals surface area contributed by atoms with E-state index in [0.717, 1.165) is 5.69 Å². The molecule has 0 saturated carbocycles. The lowest BCUT2D eigenvalue weighted by Crippen LogP contribution is -2.35. The number of carbonyl (C=O) groups is 1. The SMILES string of the molecule is CCN(C(=O)CNc1ccccc1)c1ccc(F)cc1. The number of rotatable bonds is 5. The number of para-hydroxylation sites is 1. The Morgan fingerprint density at radius 2 is 1.75 bits per heavy atom.